The van der Waals surface area contributed by atoms with E-state index in [0.29, 0.717) is 11.5 Å². The van der Waals surface area contributed by atoms with Gasteiger partial charge in [0.25, 0.3) is 0 Å². The Labute approximate surface area is 124 Å². The summed E-state index contributed by atoms with van der Waals surface area (Å²) in [6, 6.07) is 7.04. The predicted octanol–water partition coefficient (Wildman–Crippen LogP) is 4.35. The molecular formula is C18H31NO. The van der Waals surface area contributed by atoms with Crippen LogP contribution < -0.4 is 10.1 Å². The van der Waals surface area contributed by atoms with Crippen LogP contribution in [0.15, 0.2) is 18.2 Å². The lowest BCUT2D eigenvalue weighted by Crippen LogP contribution is -2.34. The van der Waals surface area contributed by atoms with E-state index in [0.717, 1.165) is 31.7 Å². The number of nitrogens with one attached hydrogen (secondary N) is 1. The molecule has 0 atom stereocenters. The fourth-order valence-corrected chi connectivity index (χ4v) is 2.24. The van der Waals surface area contributed by atoms with Gasteiger partial charge < -0.3 is 10.1 Å². The van der Waals surface area contributed by atoms with Crippen LogP contribution in [-0.2, 0) is 6.42 Å². The van der Waals surface area contributed by atoms with Crippen molar-refractivity contribution in [3.63, 3.8) is 0 Å². The zero-order valence-corrected chi connectivity index (χ0v) is 14.0. The standard InChI is InChI=1S/C18H31NO/c1-7-20-17-9-8-15(4)12-16(17)10-11-18(5,6)13-19-14(2)3/h8-9,12,14,19H,7,10-11,13H2,1-6H3. The first-order valence-corrected chi connectivity index (χ1v) is 7.80. The summed E-state index contributed by atoms with van der Waals surface area (Å²) in [4.78, 5) is 0. The van der Waals surface area contributed by atoms with Crippen molar-refractivity contribution in [2.45, 2.75) is 60.4 Å². The summed E-state index contributed by atoms with van der Waals surface area (Å²) in [5.74, 6) is 1.05. The lowest BCUT2D eigenvalue weighted by atomic mass is 9.85. The molecule has 1 aromatic rings. The molecule has 2 heteroatoms. The average molecular weight is 277 g/mol. The maximum atomic E-state index is 5.74. The Hall–Kier alpha value is -1.02. The van der Waals surface area contributed by atoms with Crippen LogP contribution in [0.2, 0.25) is 0 Å². The van der Waals surface area contributed by atoms with E-state index in [1.54, 1.807) is 0 Å². The van der Waals surface area contributed by atoms with E-state index in [9.17, 15) is 0 Å². The van der Waals surface area contributed by atoms with Gasteiger partial charge in [-0.1, -0.05) is 45.4 Å². The van der Waals surface area contributed by atoms with Gasteiger partial charge in [-0.25, -0.2) is 0 Å². The van der Waals surface area contributed by atoms with Crippen LogP contribution in [0, 0.1) is 12.3 Å². The first-order valence-electron chi connectivity index (χ1n) is 7.80. The second-order valence-electron chi connectivity index (χ2n) is 6.74. The molecule has 0 aliphatic carbocycles. The molecule has 0 radical (unpaired) electrons. The van der Waals surface area contributed by atoms with Crippen molar-refractivity contribution in [2.75, 3.05) is 13.2 Å². The Morgan fingerprint density at radius 2 is 1.95 bits per heavy atom. The molecule has 114 valence electrons. The topological polar surface area (TPSA) is 21.3 Å². The Bertz CT molecular complexity index is 410. The minimum absolute atomic E-state index is 0.303. The third-order valence-corrected chi connectivity index (χ3v) is 3.58. The minimum Gasteiger partial charge on any atom is -0.494 e. The maximum absolute atomic E-state index is 5.74. The molecule has 0 aliphatic rings. The molecule has 0 heterocycles. The van der Waals surface area contributed by atoms with Gasteiger partial charge in [-0.2, -0.15) is 0 Å². The van der Waals surface area contributed by atoms with Gasteiger partial charge in [-0.15, -0.1) is 0 Å². The fraction of sp³-hybridized carbons (Fsp3) is 0.667. The van der Waals surface area contributed by atoms with E-state index in [-0.39, 0.29) is 0 Å². The largest absolute Gasteiger partial charge is 0.494 e. The smallest absolute Gasteiger partial charge is 0.122 e. The fourth-order valence-electron chi connectivity index (χ4n) is 2.24. The Kier molecular flexibility index (Phi) is 6.54. The van der Waals surface area contributed by atoms with E-state index in [1.807, 2.05) is 6.92 Å². The van der Waals surface area contributed by atoms with Crippen LogP contribution in [-0.4, -0.2) is 19.2 Å². The molecule has 1 rings (SSSR count). The van der Waals surface area contributed by atoms with Gasteiger partial charge in [-0.3, -0.25) is 0 Å². The van der Waals surface area contributed by atoms with Crippen molar-refractivity contribution in [1.82, 2.24) is 5.32 Å². The normalized spacial score (nSPS) is 11.9. The van der Waals surface area contributed by atoms with Crippen molar-refractivity contribution in [3.05, 3.63) is 29.3 Å². The molecule has 1 aromatic carbocycles. The van der Waals surface area contributed by atoms with Crippen molar-refractivity contribution >= 4 is 0 Å². The van der Waals surface area contributed by atoms with Gasteiger partial charge in [0.1, 0.15) is 5.75 Å². The second-order valence-corrected chi connectivity index (χ2v) is 6.74. The molecule has 0 aliphatic heterocycles. The Morgan fingerprint density at radius 3 is 2.55 bits per heavy atom. The minimum atomic E-state index is 0.303. The third-order valence-electron chi connectivity index (χ3n) is 3.58. The molecule has 1 N–H and O–H groups in total. The lowest BCUT2D eigenvalue weighted by molar-refractivity contribution is 0.298. The Morgan fingerprint density at radius 1 is 1.25 bits per heavy atom. The highest BCUT2D eigenvalue weighted by molar-refractivity contribution is 5.37. The van der Waals surface area contributed by atoms with Crippen LogP contribution in [0.1, 0.15) is 52.2 Å². The molecule has 0 bridgehead atoms. The molecule has 0 unspecified atom stereocenters. The molecule has 0 spiro atoms. The molecule has 0 amide bonds. The highest BCUT2D eigenvalue weighted by Crippen LogP contribution is 2.27. The van der Waals surface area contributed by atoms with Gasteiger partial charge in [0.15, 0.2) is 0 Å². The van der Waals surface area contributed by atoms with Crippen LogP contribution in [0.4, 0.5) is 0 Å². The maximum Gasteiger partial charge on any atom is 0.122 e. The van der Waals surface area contributed by atoms with Gasteiger partial charge in [0.05, 0.1) is 6.61 Å². The number of rotatable bonds is 8. The van der Waals surface area contributed by atoms with Crippen molar-refractivity contribution in [3.8, 4) is 5.75 Å². The van der Waals surface area contributed by atoms with Gasteiger partial charge in [-0.05, 0) is 43.7 Å². The summed E-state index contributed by atoms with van der Waals surface area (Å²) < 4.78 is 5.74. The summed E-state index contributed by atoms with van der Waals surface area (Å²) in [6.07, 6.45) is 2.24. The molecule has 0 aromatic heterocycles. The molecule has 0 saturated carbocycles. The van der Waals surface area contributed by atoms with Gasteiger partial charge in [0, 0.05) is 12.6 Å². The van der Waals surface area contributed by atoms with Crippen molar-refractivity contribution < 1.29 is 4.74 Å². The molecule has 0 fully saturated rings. The molecule has 0 saturated heterocycles. The van der Waals surface area contributed by atoms with E-state index >= 15 is 0 Å². The number of hydrogen-bond donors (Lipinski definition) is 1. The van der Waals surface area contributed by atoms with E-state index < -0.39 is 0 Å². The summed E-state index contributed by atoms with van der Waals surface area (Å²) in [6.45, 7) is 15.0. The third kappa shape index (κ3) is 5.96. The van der Waals surface area contributed by atoms with Gasteiger partial charge in [0.2, 0.25) is 0 Å². The second kappa shape index (κ2) is 7.68. The molecule has 20 heavy (non-hydrogen) atoms. The Balaban J connectivity index is 2.65. The van der Waals surface area contributed by atoms with Crippen LogP contribution in [0.25, 0.3) is 0 Å². The zero-order chi connectivity index (χ0) is 15.2. The van der Waals surface area contributed by atoms with Gasteiger partial charge >= 0.3 is 0 Å². The van der Waals surface area contributed by atoms with Crippen molar-refractivity contribution in [1.29, 1.82) is 0 Å². The van der Waals surface area contributed by atoms with Crippen molar-refractivity contribution in [2.24, 2.45) is 5.41 Å². The molecular weight excluding hydrogens is 246 g/mol. The van der Waals surface area contributed by atoms with E-state index in [2.05, 4.69) is 58.1 Å². The highest BCUT2D eigenvalue weighted by Gasteiger charge is 2.18. The number of benzene rings is 1. The quantitative estimate of drug-likeness (QED) is 0.762. The monoisotopic (exact) mass is 277 g/mol. The predicted molar refractivity (Wildman–Crippen MR) is 87.6 cm³/mol. The first kappa shape index (κ1) is 17.0. The molecule has 2 nitrogen and oxygen atoms in total. The number of aryl methyl sites for hydroxylation is 2. The highest BCUT2D eigenvalue weighted by atomic mass is 16.5. The zero-order valence-electron chi connectivity index (χ0n) is 14.0. The average Bonchev–Trinajstić information content (AvgIpc) is 2.37. The van der Waals surface area contributed by atoms with Crippen LogP contribution >= 0.6 is 0 Å². The summed E-state index contributed by atoms with van der Waals surface area (Å²) in [7, 11) is 0. The summed E-state index contributed by atoms with van der Waals surface area (Å²) >= 11 is 0. The van der Waals surface area contributed by atoms with E-state index in [1.165, 1.54) is 11.1 Å². The van der Waals surface area contributed by atoms with E-state index in [4.69, 9.17) is 4.74 Å². The SMILES string of the molecule is CCOc1ccc(C)cc1CCC(C)(C)CNC(C)C. The summed E-state index contributed by atoms with van der Waals surface area (Å²) in [5.41, 5.74) is 2.95. The van der Waals surface area contributed by atoms with Crippen LogP contribution in [0.5, 0.6) is 5.75 Å². The lowest BCUT2D eigenvalue weighted by Gasteiger charge is -2.27. The van der Waals surface area contributed by atoms with Crippen LogP contribution in [0.3, 0.4) is 0 Å². The number of ether oxygens (including phenoxy) is 1. The first-order chi connectivity index (χ1) is 9.34. The number of hydrogen-bond acceptors (Lipinski definition) is 2. The summed E-state index contributed by atoms with van der Waals surface area (Å²) in [5, 5.41) is 3.54.